The van der Waals surface area contributed by atoms with Crippen molar-refractivity contribution in [2.75, 3.05) is 25.6 Å². The van der Waals surface area contributed by atoms with Gasteiger partial charge in [-0.15, -0.1) is 11.3 Å². The number of anilines is 1. The second kappa shape index (κ2) is 7.75. The van der Waals surface area contributed by atoms with Crippen LogP contribution in [-0.4, -0.2) is 42.0 Å². The van der Waals surface area contributed by atoms with Crippen molar-refractivity contribution in [2.24, 2.45) is 0 Å². The van der Waals surface area contributed by atoms with Crippen molar-refractivity contribution >= 4 is 28.8 Å². The van der Waals surface area contributed by atoms with Gasteiger partial charge < -0.3 is 9.64 Å². The van der Waals surface area contributed by atoms with E-state index >= 15 is 0 Å². The lowest BCUT2D eigenvalue weighted by molar-refractivity contribution is 0.0474. The van der Waals surface area contributed by atoms with Gasteiger partial charge in [-0.05, 0) is 38.1 Å². The molecule has 0 N–H and O–H groups in total. The van der Waals surface area contributed by atoms with Gasteiger partial charge >= 0.3 is 5.97 Å². The first-order valence-electron chi connectivity index (χ1n) is 8.45. The van der Waals surface area contributed by atoms with Gasteiger partial charge in [0.05, 0.1) is 5.56 Å². The minimum absolute atomic E-state index is 0.233. The summed E-state index contributed by atoms with van der Waals surface area (Å²) in [7, 11) is 3.79. The Hall–Kier alpha value is -2.93. The third-order valence-corrected chi connectivity index (χ3v) is 5.03. The zero-order valence-electron chi connectivity index (χ0n) is 15.7. The Labute approximate surface area is 162 Å². The molecule has 0 bridgehead atoms. The van der Waals surface area contributed by atoms with Crippen LogP contribution in [0.1, 0.15) is 32.1 Å². The number of Topliss-reactive ketones (excluding diaryl/α,β-unsaturated/α-hetero) is 1. The van der Waals surface area contributed by atoms with Gasteiger partial charge in [0.1, 0.15) is 0 Å². The van der Waals surface area contributed by atoms with E-state index < -0.39 is 5.97 Å². The van der Waals surface area contributed by atoms with E-state index in [0.717, 1.165) is 22.2 Å². The summed E-state index contributed by atoms with van der Waals surface area (Å²) in [5.74, 6) is -0.746. The highest BCUT2D eigenvalue weighted by molar-refractivity contribution is 7.12. The van der Waals surface area contributed by atoms with E-state index in [9.17, 15) is 9.59 Å². The molecular weight excluding hydrogens is 362 g/mol. The van der Waals surface area contributed by atoms with Gasteiger partial charge in [-0.25, -0.2) is 9.78 Å². The lowest BCUT2D eigenvalue weighted by Crippen LogP contribution is -2.16. The quantitative estimate of drug-likeness (QED) is 0.480. The minimum Gasteiger partial charge on any atom is -0.454 e. The van der Waals surface area contributed by atoms with E-state index in [1.54, 1.807) is 30.5 Å². The van der Waals surface area contributed by atoms with E-state index in [2.05, 4.69) is 4.98 Å². The summed E-state index contributed by atoms with van der Waals surface area (Å²) in [5.41, 5.74) is 3.55. The third-order valence-electron chi connectivity index (χ3n) is 4.27. The second-order valence-electron chi connectivity index (χ2n) is 6.38. The second-order valence-corrected chi connectivity index (χ2v) is 7.25. The number of benzene rings is 1. The van der Waals surface area contributed by atoms with Crippen LogP contribution in [0.2, 0.25) is 0 Å². The molecule has 0 saturated heterocycles. The van der Waals surface area contributed by atoms with Crippen LogP contribution in [0.4, 0.5) is 5.69 Å². The van der Waals surface area contributed by atoms with Crippen LogP contribution in [0.15, 0.2) is 41.9 Å². The summed E-state index contributed by atoms with van der Waals surface area (Å²) in [6.45, 7) is 3.49. The van der Waals surface area contributed by atoms with Gasteiger partial charge in [0.25, 0.3) is 0 Å². The maximum atomic E-state index is 12.6. The Morgan fingerprint density at radius 2 is 2.00 bits per heavy atom. The first kappa shape index (κ1) is 18.8. The van der Waals surface area contributed by atoms with Crippen molar-refractivity contribution in [1.29, 1.82) is 0 Å². The molecule has 6 nitrogen and oxygen atoms in total. The number of rotatable bonds is 6. The molecule has 0 atom stereocenters. The van der Waals surface area contributed by atoms with Gasteiger partial charge in [0.15, 0.2) is 11.7 Å². The number of carbonyl (C=O) groups excluding carboxylic acids is 2. The van der Waals surface area contributed by atoms with Crippen molar-refractivity contribution < 1.29 is 14.3 Å². The van der Waals surface area contributed by atoms with Crippen molar-refractivity contribution in [3.63, 3.8) is 0 Å². The lowest BCUT2D eigenvalue weighted by Gasteiger charge is -2.13. The van der Waals surface area contributed by atoms with E-state index in [-0.39, 0.29) is 12.4 Å². The molecule has 140 valence electrons. The summed E-state index contributed by atoms with van der Waals surface area (Å²) >= 11 is 1.50. The van der Waals surface area contributed by atoms with Crippen molar-refractivity contribution in [2.45, 2.75) is 13.8 Å². The molecule has 0 aliphatic rings. The summed E-state index contributed by atoms with van der Waals surface area (Å²) in [4.78, 5) is 31.1. The maximum Gasteiger partial charge on any atom is 0.338 e. The smallest absolute Gasteiger partial charge is 0.338 e. The summed E-state index contributed by atoms with van der Waals surface area (Å²) < 4.78 is 7.18. The molecule has 0 aliphatic heterocycles. The molecule has 0 spiro atoms. The van der Waals surface area contributed by atoms with Crippen LogP contribution in [0.5, 0.6) is 0 Å². The number of thiazole rings is 1. The molecule has 7 heteroatoms. The fourth-order valence-electron chi connectivity index (χ4n) is 2.87. The topological polar surface area (TPSA) is 64.4 Å². The van der Waals surface area contributed by atoms with Crippen LogP contribution < -0.4 is 4.90 Å². The Bertz CT molecular complexity index is 975. The van der Waals surface area contributed by atoms with Crippen molar-refractivity contribution in [1.82, 2.24) is 9.55 Å². The number of hydrogen-bond donors (Lipinski definition) is 0. The fourth-order valence-corrected chi connectivity index (χ4v) is 3.62. The first-order chi connectivity index (χ1) is 12.9. The van der Waals surface area contributed by atoms with Crippen LogP contribution in [0.25, 0.3) is 5.13 Å². The highest BCUT2D eigenvalue weighted by Gasteiger charge is 2.19. The number of carbonyl (C=O) groups is 2. The third kappa shape index (κ3) is 3.93. The standard InChI is InChI=1S/C20H21N3O3S/c1-13-10-17(14(2)23(13)20-21-8-9-27-20)18(24)12-26-19(25)15-6-5-7-16(11-15)22(3)4/h5-11H,12H2,1-4H3. The maximum absolute atomic E-state index is 12.6. The van der Waals surface area contributed by atoms with E-state index in [0.29, 0.717) is 11.1 Å². The largest absolute Gasteiger partial charge is 0.454 e. The first-order valence-corrected chi connectivity index (χ1v) is 9.33. The Kier molecular flexibility index (Phi) is 5.41. The normalized spacial score (nSPS) is 10.7. The number of ketones is 1. The molecule has 2 heterocycles. The molecule has 1 aromatic carbocycles. The number of ether oxygens (including phenoxy) is 1. The number of nitrogens with zero attached hydrogens (tertiary/aromatic N) is 3. The molecule has 0 fully saturated rings. The van der Waals surface area contributed by atoms with Gasteiger partial charge in [-0.2, -0.15) is 0 Å². The molecule has 0 aliphatic carbocycles. The molecule has 0 saturated carbocycles. The lowest BCUT2D eigenvalue weighted by atomic mass is 10.1. The fraction of sp³-hybridized carbons (Fsp3) is 0.250. The van der Waals surface area contributed by atoms with Gasteiger partial charge in [-0.3, -0.25) is 9.36 Å². The average molecular weight is 383 g/mol. The van der Waals surface area contributed by atoms with E-state index in [4.69, 9.17) is 4.74 Å². The molecule has 0 radical (unpaired) electrons. The highest BCUT2D eigenvalue weighted by atomic mass is 32.1. The Morgan fingerprint density at radius 1 is 1.22 bits per heavy atom. The average Bonchev–Trinajstić information content (AvgIpc) is 3.27. The molecule has 27 heavy (non-hydrogen) atoms. The summed E-state index contributed by atoms with van der Waals surface area (Å²) in [6, 6.07) is 8.90. The molecule has 3 rings (SSSR count). The number of aryl methyl sites for hydroxylation is 1. The zero-order valence-corrected chi connectivity index (χ0v) is 16.5. The van der Waals surface area contributed by atoms with Crippen LogP contribution in [0.3, 0.4) is 0 Å². The molecule has 3 aromatic rings. The Balaban J connectivity index is 1.72. The van der Waals surface area contributed by atoms with Crippen LogP contribution in [-0.2, 0) is 4.74 Å². The molecular formula is C20H21N3O3S. The monoisotopic (exact) mass is 383 g/mol. The van der Waals surface area contributed by atoms with Gasteiger partial charge in [0.2, 0.25) is 5.78 Å². The predicted octanol–water partition coefficient (Wildman–Crippen LogP) is 3.66. The van der Waals surface area contributed by atoms with E-state index in [1.165, 1.54) is 11.3 Å². The molecule has 2 aromatic heterocycles. The van der Waals surface area contributed by atoms with Gasteiger partial charge in [-0.1, -0.05) is 6.07 Å². The zero-order chi connectivity index (χ0) is 19.6. The Morgan fingerprint density at radius 3 is 2.67 bits per heavy atom. The number of hydrogen-bond acceptors (Lipinski definition) is 6. The number of aromatic nitrogens is 2. The van der Waals surface area contributed by atoms with Gasteiger partial charge in [0, 0.05) is 48.3 Å². The summed E-state index contributed by atoms with van der Waals surface area (Å²) in [5, 5.41) is 2.70. The molecule has 0 amide bonds. The SMILES string of the molecule is Cc1cc(C(=O)COC(=O)c2cccc(N(C)C)c2)c(C)n1-c1nccs1. The van der Waals surface area contributed by atoms with Crippen molar-refractivity contribution in [3.8, 4) is 5.13 Å². The minimum atomic E-state index is -0.513. The highest BCUT2D eigenvalue weighted by Crippen LogP contribution is 2.23. The predicted molar refractivity (Wildman–Crippen MR) is 106 cm³/mol. The summed E-state index contributed by atoms with van der Waals surface area (Å²) in [6.07, 6.45) is 1.73. The number of esters is 1. The molecule has 0 unspecified atom stereocenters. The van der Waals surface area contributed by atoms with E-state index in [1.807, 2.05) is 48.9 Å². The van der Waals surface area contributed by atoms with Crippen molar-refractivity contribution in [3.05, 3.63) is 64.4 Å². The van der Waals surface area contributed by atoms with Crippen LogP contribution >= 0.6 is 11.3 Å². The van der Waals surface area contributed by atoms with Crippen LogP contribution in [0, 0.1) is 13.8 Å².